The number of carboxylic acid groups (broad SMARTS) is 1. The molecule has 2 aromatic rings. The van der Waals surface area contributed by atoms with Crippen LogP contribution >= 0.6 is 0 Å². The first-order valence-electron chi connectivity index (χ1n) is 8.70. The Morgan fingerprint density at radius 2 is 2.04 bits per heavy atom. The standard InChI is InChI=1S/C17H22N4O2.CH2O2/c1-21-11-3-4-12(21)8-10(7-11)18-17(22)16-14-6-5-13(23-2)9-15(14)19-20-16;2-1-3/h5-6,9-12H,3-4,7-8H2,1-2H3,(H,18,22)(H,19,20);1H,(H,2,3). The van der Waals surface area contributed by atoms with Gasteiger partial charge in [0.15, 0.2) is 5.69 Å². The predicted octanol–water partition coefficient (Wildman–Crippen LogP) is 1.63. The van der Waals surface area contributed by atoms with Crippen LogP contribution in [0.3, 0.4) is 0 Å². The average Bonchev–Trinajstić information content (AvgIpc) is 3.12. The molecule has 1 amide bonds. The molecule has 3 N–H and O–H groups in total. The summed E-state index contributed by atoms with van der Waals surface area (Å²) in [6, 6.07) is 7.06. The van der Waals surface area contributed by atoms with Crippen molar-refractivity contribution in [2.24, 2.45) is 0 Å². The quantitative estimate of drug-likeness (QED) is 0.718. The van der Waals surface area contributed by atoms with Crippen molar-refractivity contribution in [2.75, 3.05) is 14.2 Å². The number of nitrogens with zero attached hydrogens (tertiary/aromatic N) is 2. The molecule has 0 radical (unpaired) electrons. The third-order valence-electron chi connectivity index (χ3n) is 5.42. The minimum absolute atomic E-state index is 0.0876. The van der Waals surface area contributed by atoms with Gasteiger partial charge in [0, 0.05) is 29.6 Å². The summed E-state index contributed by atoms with van der Waals surface area (Å²) < 4.78 is 5.20. The molecule has 0 saturated carbocycles. The minimum atomic E-state index is -0.250. The van der Waals surface area contributed by atoms with Gasteiger partial charge in [-0.2, -0.15) is 5.10 Å². The van der Waals surface area contributed by atoms with E-state index in [1.54, 1.807) is 7.11 Å². The fourth-order valence-corrected chi connectivity index (χ4v) is 4.08. The second-order valence-corrected chi connectivity index (χ2v) is 6.78. The Bertz CT molecular complexity index is 777. The maximum Gasteiger partial charge on any atom is 0.290 e. The zero-order chi connectivity index (χ0) is 18.7. The zero-order valence-electron chi connectivity index (χ0n) is 14.9. The van der Waals surface area contributed by atoms with Gasteiger partial charge in [0.2, 0.25) is 0 Å². The van der Waals surface area contributed by atoms with Gasteiger partial charge in [-0.1, -0.05) is 0 Å². The molecule has 1 aromatic heterocycles. The SMILES string of the molecule is COc1ccc2c(C(=O)NC3CC4CCC(C3)N4C)n[nH]c2c1.O=CO. The van der Waals surface area contributed by atoms with Crippen LogP contribution in [0.25, 0.3) is 10.9 Å². The fraction of sp³-hybridized carbons (Fsp3) is 0.500. The van der Waals surface area contributed by atoms with Gasteiger partial charge in [0.1, 0.15) is 5.75 Å². The molecule has 8 nitrogen and oxygen atoms in total. The lowest BCUT2D eigenvalue weighted by molar-refractivity contribution is -0.122. The zero-order valence-corrected chi connectivity index (χ0v) is 14.9. The molecular formula is C18H24N4O4. The van der Waals surface area contributed by atoms with E-state index in [-0.39, 0.29) is 18.4 Å². The number of carbonyl (C=O) groups excluding carboxylic acids is 1. The van der Waals surface area contributed by atoms with Gasteiger partial charge in [-0.05, 0) is 44.9 Å². The van der Waals surface area contributed by atoms with Gasteiger partial charge in [-0.3, -0.25) is 14.7 Å². The highest BCUT2D eigenvalue weighted by Gasteiger charge is 2.39. The number of hydrogen-bond acceptors (Lipinski definition) is 5. The predicted molar refractivity (Wildman–Crippen MR) is 96.4 cm³/mol. The summed E-state index contributed by atoms with van der Waals surface area (Å²) in [5, 5.41) is 18.0. The number of aromatic nitrogens is 2. The summed E-state index contributed by atoms with van der Waals surface area (Å²) in [6.07, 6.45) is 4.57. The monoisotopic (exact) mass is 360 g/mol. The van der Waals surface area contributed by atoms with Gasteiger partial charge in [0.05, 0.1) is 12.6 Å². The van der Waals surface area contributed by atoms with Gasteiger partial charge in [-0.25, -0.2) is 0 Å². The molecule has 2 fully saturated rings. The number of amides is 1. The van der Waals surface area contributed by atoms with Gasteiger partial charge in [-0.15, -0.1) is 0 Å². The largest absolute Gasteiger partial charge is 0.497 e. The number of fused-ring (bicyclic) bond motifs is 3. The van der Waals surface area contributed by atoms with Crippen molar-refractivity contribution in [2.45, 2.75) is 43.8 Å². The van der Waals surface area contributed by atoms with E-state index in [0.29, 0.717) is 17.8 Å². The number of piperidine rings is 1. The first-order chi connectivity index (χ1) is 12.6. The molecule has 2 aliphatic heterocycles. The van der Waals surface area contributed by atoms with Crippen LogP contribution in [-0.4, -0.2) is 64.9 Å². The number of H-pyrrole nitrogens is 1. The molecule has 2 bridgehead atoms. The number of carbonyl (C=O) groups is 2. The molecule has 4 rings (SSSR count). The summed E-state index contributed by atoms with van der Waals surface area (Å²) >= 11 is 0. The molecule has 2 atom stereocenters. The summed E-state index contributed by atoms with van der Waals surface area (Å²) in [7, 11) is 3.83. The molecule has 3 heterocycles. The minimum Gasteiger partial charge on any atom is -0.497 e. The van der Waals surface area contributed by atoms with Crippen LogP contribution in [0.4, 0.5) is 0 Å². The number of nitrogens with one attached hydrogen (secondary N) is 2. The van der Waals surface area contributed by atoms with Crippen LogP contribution in [0.1, 0.15) is 36.2 Å². The van der Waals surface area contributed by atoms with E-state index in [4.69, 9.17) is 14.6 Å². The third kappa shape index (κ3) is 3.50. The van der Waals surface area contributed by atoms with Crippen molar-refractivity contribution in [1.82, 2.24) is 20.4 Å². The highest BCUT2D eigenvalue weighted by molar-refractivity contribution is 6.05. The molecule has 8 heteroatoms. The lowest BCUT2D eigenvalue weighted by Crippen LogP contribution is -2.48. The molecule has 0 aliphatic carbocycles. The number of benzene rings is 1. The Balaban J connectivity index is 0.000000613. The van der Waals surface area contributed by atoms with Crippen LogP contribution < -0.4 is 10.1 Å². The molecular weight excluding hydrogens is 336 g/mol. The molecule has 2 unspecified atom stereocenters. The van der Waals surface area contributed by atoms with Crippen molar-refractivity contribution >= 4 is 23.3 Å². The highest BCUT2D eigenvalue weighted by Crippen LogP contribution is 2.34. The Labute approximate surface area is 151 Å². The van der Waals surface area contributed by atoms with Crippen LogP contribution in [0.15, 0.2) is 18.2 Å². The summed E-state index contributed by atoms with van der Waals surface area (Å²) in [5.41, 5.74) is 1.28. The second kappa shape index (κ2) is 7.74. The Kier molecular flexibility index (Phi) is 5.41. The van der Waals surface area contributed by atoms with Gasteiger partial charge in [0.25, 0.3) is 12.4 Å². The van der Waals surface area contributed by atoms with E-state index < -0.39 is 0 Å². The van der Waals surface area contributed by atoms with Crippen molar-refractivity contribution in [3.63, 3.8) is 0 Å². The summed E-state index contributed by atoms with van der Waals surface area (Å²) in [5.74, 6) is 0.662. The smallest absolute Gasteiger partial charge is 0.290 e. The van der Waals surface area contributed by atoms with Crippen molar-refractivity contribution < 1.29 is 19.4 Å². The number of aromatic amines is 1. The molecule has 26 heavy (non-hydrogen) atoms. The first-order valence-corrected chi connectivity index (χ1v) is 8.70. The number of rotatable bonds is 3. The maximum absolute atomic E-state index is 12.6. The highest BCUT2D eigenvalue weighted by atomic mass is 16.5. The Morgan fingerprint density at radius 1 is 1.38 bits per heavy atom. The fourth-order valence-electron chi connectivity index (χ4n) is 4.08. The van der Waals surface area contributed by atoms with Crippen molar-refractivity contribution in [1.29, 1.82) is 0 Å². The van der Waals surface area contributed by atoms with Crippen LogP contribution in [-0.2, 0) is 4.79 Å². The second-order valence-electron chi connectivity index (χ2n) is 6.78. The van der Waals surface area contributed by atoms with E-state index in [1.807, 2.05) is 18.2 Å². The summed E-state index contributed by atoms with van der Waals surface area (Å²) in [4.78, 5) is 23.5. The number of methoxy groups -OCH3 is 1. The Morgan fingerprint density at radius 3 is 2.65 bits per heavy atom. The third-order valence-corrected chi connectivity index (χ3v) is 5.42. The lowest BCUT2D eigenvalue weighted by atomic mass is 9.98. The van der Waals surface area contributed by atoms with E-state index in [1.165, 1.54) is 12.8 Å². The molecule has 2 aliphatic rings. The normalized spacial score (nSPS) is 24.6. The van der Waals surface area contributed by atoms with E-state index in [9.17, 15) is 4.79 Å². The van der Waals surface area contributed by atoms with E-state index >= 15 is 0 Å². The molecule has 0 spiro atoms. The van der Waals surface area contributed by atoms with E-state index in [2.05, 4.69) is 27.5 Å². The van der Waals surface area contributed by atoms with Crippen LogP contribution in [0.2, 0.25) is 0 Å². The summed E-state index contributed by atoms with van der Waals surface area (Å²) in [6.45, 7) is -0.250. The first kappa shape index (κ1) is 18.2. The van der Waals surface area contributed by atoms with Crippen molar-refractivity contribution in [3.8, 4) is 5.75 Å². The Hall–Kier alpha value is -2.61. The van der Waals surface area contributed by atoms with Crippen LogP contribution in [0.5, 0.6) is 5.75 Å². The van der Waals surface area contributed by atoms with Gasteiger partial charge < -0.3 is 20.1 Å². The van der Waals surface area contributed by atoms with Gasteiger partial charge >= 0.3 is 0 Å². The van der Waals surface area contributed by atoms with Crippen LogP contribution in [0, 0.1) is 0 Å². The van der Waals surface area contributed by atoms with E-state index in [0.717, 1.165) is 29.5 Å². The molecule has 140 valence electrons. The number of hydrogen-bond donors (Lipinski definition) is 3. The molecule has 2 saturated heterocycles. The van der Waals surface area contributed by atoms with Crippen molar-refractivity contribution in [3.05, 3.63) is 23.9 Å². The maximum atomic E-state index is 12.6. The number of ether oxygens (including phenoxy) is 1. The topological polar surface area (TPSA) is 108 Å². The lowest BCUT2D eigenvalue weighted by Gasteiger charge is -2.36. The average molecular weight is 360 g/mol. The molecule has 1 aromatic carbocycles.